The third kappa shape index (κ3) is 5.15. The highest BCUT2D eigenvalue weighted by Crippen LogP contribution is 2.27. The molecule has 0 bridgehead atoms. The quantitative estimate of drug-likeness (QED) is 0.441. The smallest absolute Gasteiger partial charge is 0.248 e. The SMILES string of the molecule is O=C(CO)N1CC[C@@H](NCc2ccc3cc(Oc4ccc(C5CCNN5)cn4)ccc3c2)C1. The van der Waals surface area contributed by atoms with Crippen LogP contribution in [-0.2, 0) is 11.3 Å². The molecule has 3 heterocycles. The van der Waals surface area contributed by atoms with Crippen molar-refractivity contribution in [2.45, 2.75) is 31.5 Å². The van der Waals surface area contributed by atoms with Crippen LogP contribution >= 0.6 is 0 Å². The van der Waals surface area contributed by atoms with Crippen LogP contribution in [0.2, 0.25) is 0 Å². The predicted molar refractivity (Wildman–Crippen MR) is 126 cm³/mol. The minimum atomic E-state index is -0.417. The molecule has 5 rings (SSSR count). The predicted octanol–water partition coefficient (Wildman–Crippen LogP) is 2.25. The molecular weight excluding hydrogens is 418 g/mol. The van der Waals surface area contributed by atoms with Gasteiger partial charge in [0.25, 0.3) is 0 Å². The molecule has 0 spiro atoms. The zero-order chi connectivity index (χ0) is 22.6. The Morgan fingerprint density at radius 1 is 1.15 bits per heavy atom. The van der Waals surface area contributed by atoms with Crippen LogP contribution in [0.15, 0.2) is 54.7 Å². The Bertz CT molecular complexity index is 1110. The van der Waals surface area contributed by atoms with E-state index in [9.17, 15) is 4.79 Å². The van der Waals surface area contributed by atoms with E-state index in [1.165, 1.54) is 5.56 Å². The van der Waals surface area contributed by atoms with Gasteiger partial charge in [0, 0.05) is 50.5 Å². The molecule has 2 atom stereocenters. The fraction of sp³-hybridized carbons (Fsp3) is 0.360. The minimum Gasteiger partial charge on any atom is -0.439 e. The molecule has 33 heavy (non-hydrogen) atoms. The van der Waals surface area contributed by atoms with Crippen molar-refractivity contribution >= 4 is 16.7 Å². The minimum absolute atomic E-state index is 0.197. The van der Waals surface area contributed by atoms with Gasteiger partial charge < -0.3 is 20.1 Å². The molecule has 0 saturated carbocycles. The van der Waals surface area contributed by atoms with E-state index in [0.717, 1.165) is 48.0 Å². The number of amides is 1. The number of aliphatic hydroxyl groups excluding tert-OH is 1. The van der Waals surface area contributed by atoms with Crippen molar-refractivity contribution in [2.24, 2.45) is 0 Å². The third-order valence-electron chi connectivity index (χ3n) is 6.37. The molecule has 8 heteroatoms. The lowest BCUT2D eigenvalue weighted by atomic mass is 10.1. The second-order valence-corrected chi connectivity index (χ2v) is 8.65. The van der Waals surface area contributed by atoms with Gasteiger partial charge in [-0.1, -0.05) is 24.3 Å². The average Bonchev–Trinajstić information content (AvgIpc) is 3.55. The van der Waals surface area contributed by atoms with Crippen molar-refractivity contribution < 1.29 is 14.6 Å². The first-order chi connectivity index (χ1) is 16.2. The van der Waals surface area contributed by atoms with Crippen LogP contribution in [0, 0.1) is 0 Å². The average molecular weight is 448 g/mol. The van der Waals surface area contributed by atoms with Crippen molar-refractivity contribution in [1.82, 2.24) is 26.1 Å². The van der Waals surface area contributed by atoms with Gasteiger partial charge >= 0.3 is 0 Å². The van der Waals surface area contributed by atoms with Gasteiger partial charge in [-0.2, -0.15) is 0 Å². The Hall–Kier alpha value is -3.04. The topological polar surface area (TPSA) is 98.8 Å². The van der Waals surface area contributed by atoms with Crippen LogP contribution in [0.25, 0.3) is 10.8 Å². The molecular formula is C25H29N5O3. The van der Waals surface area contributed by atoms with Gasteiger partial charge in [-0.25, -0.2) is 4.98 Å². The van der Waals surface area contributed by atoms with Gasteiger partial charge in [0.15, 0.2) is 0 Å². The van der Waals surface area contributed by atoms with Crippen LogP contribution in [0.5, 0.6) is 11.6 Å². The van der Waals surface area contributed by atoms with E-state index in [-0.39, 0.29) is 11.9 Å². The summed E-state index contributed by atoms with van der Waals surface area (Å²) in [7, 11) is 0. The number of rotatable bonds is 7. The number of nitrogens with one attached hydrogen (secondary N) is 3. The lowest BCUT2D eigenvalue weighted by molar-refractivity contribution is -0.133. The Kier molecular flexibility index (Phi) is 6.50. The van der Waals surface area contributed by atoms with Gasteiger partial charge in [0.2, 0.25) is 11.8 Å². The fourth-order valence-electron chi connectivity index (χ4n) is 4.48. The summed E-state index contributed by atoms with van der Waals surface area (Å²) in [5, 5.41) is 14.8. The molecule has 2 fully saturated rings. The van der Waals surface area contributed by atoms with E-state index in [1.54, 1.807) is 4.90 Å². The third-order valence-corrected chi connectivity index (χ3v) is 6.37. The van der Waals surface area contributed by atoms with E-state index in [2.05, 4.69) is 51.5 Å². The highest BCUT2D eigenvalue weighted by Gasteiger charge is 2.25. The van der Waals surface area contributed by atoms with Gasteiger partial charge in [0.05, 0.1) is 0 Å². The molecule has 3 aromatic rings. The molecule has 172 valence electrons. The summed E-state index contributed by atoms with van der Waals surface area (Å²) >= 11 is 0. The maximum atomic E-state index is 11.6. The first-order valence-electron chi connectivity index (χ1n) is 11.4. The highest BCUT2D eigenvalue weighted by molar-refractivity contribution is 5.84. The number of pyridine rings is 1. The Labute approximate surface area is 192 Å². The van der Waals surface area contributed by atoms with Gasteiger partial charge in [0.1, 0.15) is 12.4 Å². The molecule has 1 amide bonds. The number of aromatic nitrogens is 1. The first-order valence-corrected chi connectivity index (χ1v) is 11.4. The van der Waals surface area contributed by atoms with Crippen molar-refractivity contribution in [3.63, 3.8) is 0 Å². The Balaban J connectivity index is 1.19. The maximum Gasteiger partial charge on any atom is 0.248 e. The second kappa shape index (κ2) is 9.84. The van der Waals surface area contributed by atoms with Crippen molar-refractivity contribution in [3.05, 3.63) is 65.9 Å². The normalized spacial score (nSPS) is 20.5. The molecule has 8 nitrogen and oxygen atoms in total. The molecule has 1 unspecified atom stereocenters. The molecule has 0 aliphatic carbocycles. The summed E-state index contributed by atoms with van der Waals surface area (Å²) in [6.07, 6.45) is 3.82. The number of benzene rings is 2. The lowest BCUT2D eigenvalue weighted by Gasteiger charge is -2.16. The second-order valence-electron chi connectivity index (χ2n) is 8.65. The van der Waals surface area contributed by atoms with Crippen molar-refractivity contribution in [3.8, 4) is 11.6 Å². The molecule has 2 aliphatic rings. The number of ether oxygens (including phenoxy) is 1. The van der Waals surface area contributed by atoms with Gasteiger partial charge in [-0.3, -0.25) is 15.6 Å². The summed E-state index contributed by atoms with van der Waals surface area (Å²) in [5.41, 5.74) is 8.72. The van der Waals surface area contributed by atoms with E-state index in [4.69, 9.17) is 9.84 Å². The zero-order valence-corrected chi connectivity index (χ0v) is 18.5. The standard InChI is InChI=1S/C25H29N5O3/c31-16-25(32)30-10-8-21(15-30)26-13-17-1-2-19-12-22(5-3-18(19)11-17)33-24-6-4-20(14-27-24)23-7-9-28-29-23/h1-6,11-12,14,21,23,26,28-29,31H,7-10,13,15-16H2/t21-,23?/m1/s1. The van der Waals surface area contributed by atoms with Gasteiger partial charge in [-0.05, 0) is 52.9 Å². The van der Waals surface area contributed by atoms with Crippen molar-refractivity contribution in [1.29, 1.82) is 0 Å². The number of carbonyl (C=O) groups is 1. The number of carbonyl (C=O) groups excluding carboxylic acids is 1. The number of aliphatic hydroxyl groups is 1. The summed E-state index contributed by atoms with van der Waals surface area (Å²) in [6.45, 7) is 2.63. The number of likely N-dealkylation sites (tertiary alicyclic amines) is 1. The van der Waals surface area contributed by atoms with E-state index in [1.807, 2.05) is 24.4 Å². The number of fused-ring (bicyclic) bond motifs is 1. The van der Waals surface area contributed by atoms with E-state index >= 15 is 0 Å². The molecule has 2 saturated heterocycles. The summed E-state index contributed by atoms with van der Waals surface area (Å²) in [6, 6.07) is 17.0. The van der Waals surface area contributed by atoms with E-state index < -0.39 is 6.61 Å². The van der Waals surface area contributed by atoms with Crippen LogP contribution in [-0.4, -0.2) is 53.2 Å². The molecule has 4 N–H and O–H groups in total. The molecule has 0 radical (unpaired) electrons. The number of hydrogen-bond acceptors (Lipinski definition) is 7. The van der Waals surface area contributed by atoms with Crippen LogP contribution in [0.3, 0.4) is 0 Å². The lowest BCUT2D eigenvalue weighted by Crippen LogP contribution is -2.36. The maximum absolute atomic E-state index is 11.6. The number of nitrogens with zero attached hydrogens (tertiary/aromatic N) is 2. The molecule has 2 aromatic carbocycles. The van der Waals surface area contributed by atoms with Crippen LogP contribution < -0.4 is 20.9 Å². The van der Waals surface area contributed by atoms with Crippen molar-refractivity contribution in [2.75, 3.05) is 26.2 Å². The Morgan fingerprint density at radius 2 is 2.03 bits per heavy atom. The summed E-state index contributed by atoms with van der Waals surface area (Å²) in [5.74, 6) is 1.14. The monoisotopic (exact) mass is 447 g/mol. The largest absolute Gasteiger partial charge is 0.439 e. The van der Waals surface area contributed by atoms with E-state index in [0.29, 0.717) is 25.0 Å². The van der Waals surface area contributed by atoms with Gasteiger partial charge in [-0.15, -0.1) is 0 Å². The molecule has 2 aliphatic heterocycles. The zero-order valence-electron chi connectivity index (χ0n) is 18.5. The number of hydrogen-bond donors (Lipinski definition) is 4. The Morgan fingerprint density at radius 3 is 2.82 bits per heavy atom. The fourth-order valence-corrected chi connectivity index (χ4v) is 4.48. The number of hydrazine groups is 1. The highest BCUT2D eigenvalue weighted by atomic mass is 16.5. The molecule has 1 aromatic heterocycles. The first kappa shape index (κ1) is 21.8. The summed E-state index contributed by atoms with van der Waals surface area (Å²) < 4.78 is 5.98. The van der Waals surface area contributed by atoms with Crippen LogP contribution in [0.4, 0.5) is 0 Å². The van der Waals surface area contributed by atoms with Crippen LogP contribution in [0.1, 0.15) is 30.0 Å². The summed E-state index contributed by atoms with van der Waals surface area (Å²) in [4.78, 5) is 17.8.